The molecule has 0 heterocycles. The summed E-state index contributed by atoms with van der Waals surface area (Å²) >= 11 is 0. The fraction of sp³-hybridized carbons (Fsp3) is 0.571. The van der Waals surface area contributed by atoms with Crippen molar-refractivity contribution in [2.45, 2.75) is 40.2 Å². The number of nitrogens with one attached hydrogen (secondary N) is 1. The van der Waals surface area contributed by atoms with E-state index in [4.69, 9.17) is 0 Å². The van der Waals surface area contributed by atoms with Crippen LogP contribution in [0.3, 0.4) is 0 Å². The lowest BCUT2D eigenvalue weighted by Gasteiger charge is -2.20. The van der Waals surface area contributed by atoms with Crippen LogP contribution in [0.25, 0.3) is 0 Å². The Morgan fingerprint density at radius 1 is 1.13 bits per heavy atom. The highest BCUT2D eigenvalue weighted by molar-refractivity contribution is 5.17. The lowest BCUT2D eigenvalue weighted by atomic mass is 9.92. The number of rotatable bonds is 4. The van der Waals surface area contributed by atoms with Crippen LogP contribution in [-0.4, -0.2) is 6.54 Å². The average molecular weight is 205 g/mol. The molecule has 0 aliphatic heterocycles. The molecule has 0 spiro atoms. The smallest absolute Gasteiger partial charge is 0.0291 e. The van der Waals surface area contributed by atoms with Crippen molar-refractivity contribution in [2.75, 3.05) is 6.54 Å². The van der Waals surface area contributed by atoms with Crippen LogP contribution >= 0.6 is 0 Å². The van der Waals surface area contributed by atoms with Crippen LogP contribution in [0, 0.1) is 5.41 Å². The molecule has 1 aromatic carbocycles. The first kappa shape index (κ1) is 12.3. The van der Waals surface area contributed by atoms with E-state index in [0.29, 0.717) is 11.5 Å². The molecule has 0 aromatic heterocycles. The molecule has 0 bridgehead atoms. The third kappa shape index (κ3) is 4.98. The van der Waals surface area contributed by atoms with Crippen molar-refractivity contribution in [3.8, 4) is 0 Å². The fourth-order valence-corrected chi connectivity index (χ4v) is 1.52. The average Bonchev–Trinajstić information content (AvgIpc) is 2.17. The number of hydrogen-bond acceptors (Lipinski definition) is 1. The van der Waals surface area contributed by atoms with Crippen LogP contribution in [0.15, 0.2) is 30.3 Å². The van der Waals surface area contributed by atoms with Crippen LogP contribution in [0.2, 0.25) is 0 Å². The number of hydrogen-bond donors (Lipinski definition) is 1. The quantitative estimate of drug-likeness (QED) is 0.789. The molecule has 1 nitrogen and oxygen atoms in total. The molecule has 0 saturated heterocycles. The zero-order valence-corrected chi connectivity index (χ0v) is 10.4. The molecule has 1 atom stereocenters. The summed E-state index contributed by atoms with van der Waals surface area (Å²) in [5.41, 5.74) is 1.79. The Hall–Kier alpha value is -0.820. The van der Waals surface area contributed by atoms with Gasteiger partial charge in [-0.2, -0.15) is 0 Å². The molecule has 0 unspecified atom stereocenters. The molecule has 0 fully saturated rings. The Morgan fingerprint density at radius 3 is 2.27 bits per heavy atom. The van der Waals surface area contributed by atoms with E-state index < -0.39 is 0 Å². The molecule has 84 valence electrons. The Labute approximate surface area is 93.9 Å². The maximum Gasteiger partial charge on any atom is 0.0291 e. The molecular formula is C14H23N. The van der Waals surface area contributed by atoms with Crippen molar-refractivity contribution in [3.05, 3.63) is 35.9 Å². The summed E-state index contributed by atoms with van der Waals surface area (Å²) < 4.78 is 0. The minimum absolute atomic E-state index is 0.420. The van der Waals surface area contributed by atoms with Gasteiger partial charge < -0.3 is 5.32 Å². The minimum atomic E-state index is 0.420. The van der Waals surface area contributed by atoms with Crippen molar-refractivity contribution in [1.29, 1.82) is 0 Å². The van der Waals surface area contributed by atoms with Crippen LogP contribution in [0.1, 0.15) is 45.7 Å². The van der Waals surface area contributed by atoms with Gasteiger partial charge in [-0.3, -0.25) is 0 Å². The van der Waals surface area contributed by atoms with Crippen molar-refractivity contribution in [3.63, 3.8) is 0 Å². The molecule has 1 rings (SSSR count). The largest absolute Gasteiger partial charge is 0.310 e. The summed E-state index contributed by atoms with van der Waals surface area (Å²) in [5.74, 6) is 0. The fourth-order valence-electron chi connectivity index (χ4n) is 1.52. The van der Waals surface area contributed by atoms with E-state index in [1.807, 2.05) is 0 Å². The lowest BCUT2D eigenvalue weighted by molar-refractivity contribution is 0.358. The standard InChI is InChI=1S/C14H23N/c1-12(13-8-6-5-7-9-13)15-11-10-14(2,3)4/h5-9,12,15H,10-11H2,1-4H3/t12-/m1/s1. The third-order valence-electron chi connectivity index (χ3n) is 2.63. The molecule has 1 N–H and O–H groups in total. The van der Waals surface area contributed by atoms with Gasteiger partial charge in [0.15, 0.2) is 0 Å². The van der Waals surface area contributed by atoms with Gasteiger partial charge in [-0.25, -0.2) is 0 Å². The predicted molar refractivity (Wildman–Crippen MR) is 66.9 cm³/mol. The summed E-state index contributed by atoms with van der Waals surface area (Å²) in [5, 5.41) is 3.56. The van der Waals surface area contributed by atoms with Crippen molar-refractivity contribution in [2.24, 2.45) is 5.41 Å². The van der Waals surface area contributed by atoms with Gasteiger partial charge in [0.25, 0.3) is 0 Å². The van der Waals surface area contributed by atoms with E-state index in [2.05, 4.69) is 63.3 Å². The first-order valence-electron chi connectivity index (χ1n) is 5.77. The van der Waals surface area contributed by atoms with Gasteiger partial charge >= 0.3 is 0 Å². The van der Waals surface area contributed by atoms with E-state index >= 15 is 0 Å². The summed E-state index contributed by atoms with van der Waals surface area (Å²) in [4.78, 5) is 0. The van der Waals surface area contributed by atoms with Crippen molar-refractivity contribution < 1.29 is 0 Å². The molecule has 0 aliphatic rings. The Bertz CT molecular complexity index is 271. The topological polar surface area (TPSA) is 12.0 Å². The summed E-state index contributed by atoms with van der Waals surface area (Å²) in [7, 11) is 0. The second-order valence-electron chi connectivity index (χ2n) is 5.40. The van der Waals surface area contributed by atoms with E-state index in [1.54, 1.807) is 0 Å². The lowest BCUT2D eigenvalue weighted by Crippen LogP contribution is -2.23. The third-order valence-corrected chi connectivity index (χ3v) is 2.63. The second-order valence-corrected chi connectivity index (χ2v) is 5.40. The molecule has 0 saturated carbocycles. The van der Waals surface area contributed by atoms with E-state index in [9.17, 15) is 0 Å². The Kier molecular flexibility index (Phi) is 4.34. The highest BCUT2D eigenvalue weighted by Crippen LogP contribution is 2.18. The predicted octanol–water partition coefficient (Wildman–Crippen LogP) is 3.77. The highest BCUT2D eigenvalue weighted by Gasteiger charge is 2.10. The van der Waals surface area contributed by atoms with Crippen LogP contribution in [0.5, 0.6) is 0 Å². The van der Waals surface area contributed by atoms with Gasteiger partial charge in [-0.05, 0) is 30.9 Å². The van der Waals surface area contributed by atoms with E-state index in [1.165, 1.54) is 12.0 Å². The maximum atomic E-state index is 3.56. The SMILES string of the molecule is C[C@@H](NCCC(C)(C)C)c1ccccc1. The van der Waals surface area contributed by atoms with Gasteiger partial charge in [0, 0.05) is 6.04 Å². The van der Waals surface area contributed by atoms with Gasteiger partial charge in [-0.15, -0.1) is 0 Å². The summed E-state index contributed by atoms with van der Waals surface area (Å²) in [6, 6.07) is 11.1. The van der Waals surface area contributed by atoms with Gasteiger partial charge in [0.2, 0.25) is 0 Å². The Morgan fingerprint density at radius 2 is 1.73 bits per heavy atom. The van der Waals surface area contributed by atoms with Gasteiger partial charge in [0.1, 0.15) is 0 Å². The number of benzene rings is 1. The molecular weight excluding hydrogens is 182 g/mol. The van der Waals surface area contributed by atoms with Crippen molar-refractivity contribution in [1.82, 2.24) is 5.32 Å². The first-order chi connectivity index (χ1) is 6.99. The highest BCUT2D eigenvalue weighted by atomic mass is 14.9. The monoisotopic (exact) mass is 205 g/mol. The minimum Gasteiger partial charge on any atom is -0.310 e. The van der Waals surface area contributed by atoms with E-state index in [-0.39, 0.29) is 0 Å². The van der Waals surface area contributed by atoms with Gasteiger partial charge in [0.05, 0.1) is 0 Å². The first-order valence-corrected chi connectivity index (χ1v) is 5.77. The summed E-state index contributed by atoms with van der Waals surface area (Å²) in [6.07, 6.45) is 1.21. The second kappa shape index (κ2) is 5.32. The van der Waals surface area contributed by atoms with Crippen molar-refractivity contribution >= 4 is 0 Å². The molecule has 1 aromatic rings. The normalized spacial score (nSPS) is 13.9. The van der Waals surface area contributed by atoms with E-state index in [0.717, 1.165) is 6.54 Å². The molecule has 0 aliphatic carbocycles. The van der Waals surface area contributed by atoms with Crippen LogP contribution in [0.4, 0.5) is 0 Å². The zero-order valence-electron chi connectivity index (χ0n) is 10.4. The molecule has 15 heavy (non-hydrogen) atoms. The zero-order chi connectivity index (χ0) is 11.3. The Balaban J connectivity index is 2.34. The van der Waals surface area contributed by atoms with Gasteiger partial charge in [-0.1, -0.05) is 51.1 Å². The molecule has 0 radical (unpaired) electrons. The molecule has 0 amide bonds. The molecule has 1 heteroatoms. The van der Waals surface area contributed by atoms with Crippen LogP contribution in [-0.2, 0) is 0 Å². The maximum absolute atomic E-state index is 3.56. The summed E-state index contributed by atoms with van der Waals surface area (Å²) in [6.45, 7) is 10.1. The van der Waals surface area contributed by atoms with Crippen LogP contribution < -0.4 is 5.32 Å².